The molecule has 1 fully saturated rings. The van der Waals surface area contributed by atoms with Gasteiger partial charge < -0.3 is 29.6 Å². The Hall–Kier alpha value is -3.75. The summed E-state index contributed by atoms with van der Waals surface area (Å²) in [4.78, 5) is 31.2. The number of nitrogens with one attached hydrogen (secondary N) is 2. The fraction of sp³-hybridized carbons (Fsp3) is 0.348. The maximum absolute atomic E-state index is 12.6. The number of nitrogens with zero attached hydrogens (tertiary/aromatic N) is 3. The van der Waals surface area contributed by atoms with Crippen LogP contribution in [0, 0.1) is 0 Å². The number of carbonyl (C=O) groups excluding carboxylic acids is 2. The minimum Gasteiger partial charge on any atom is -0.493 e. The average Bonchev–Trinajstić information content (AvgIpc) is 3.48. The summed E-state index contributed by atoms with van der Waals surface area (Å²) in [6.45, 7) is 2.61. The molecule has 1 saturated heterocycles. The first-order chi connectivity index (χ1) is 15.6. The van der Waals surface area contributed by atoms with Crippen molar-refractivity contribution >= 4 is 28.7 Å². The van der Waals surface area contributed by atoms with Crippen LogP contribution in [0.5, 0.6) is 11.5 Å². The zero-order chi connectivity index (χ0) is 22.5. The van der Waals surface area contributed by atoms with Gasteiger partial charge in [0.15, 0.2) is 11.5 Å². The van der Waals surface area contributed by atoms with E-state index in [1.807, 2.05) is 27.7 Å². The number of amides is 3. The van der Waals surface area contributed by atoms with Gasteiger partial charge in [-0.2, -0.15) is 0 Å². The molecule has 4 rings (SSSR count). The first-order valence-electron chi connectivity index (χ1n) is 10.6. The van der Waals surface area contributed by atoms with E-state index >= 15 is 0 Å². The van der Waals surface area contributed by atoms with Gasteiger partial charge in [0, 0.05) is 43.5 Å². The smallest absolute Gasteiger partial charge is 0.319 e. The molecular weight excluding hydrogens is 410 g/mol. The molecule has 1 aliphatic heterocycles. The Morgan fingerprint density at radius 1 is 1.03 bits per heavy atom. The molecule has 0 aliphatic carbocycles. The van der Waals surface area contributed by atoms with E-state index in [1.54, 1.807) is 38.7 Å². The predicted molar refractivity (Wildman–Crippen MR) is 121 cm³/mol. The largest absolute Gasteiger partial charge is 0.493 e. The van der Waals surface area contributed by atoms with Gasteiger partial charge in [0.25, 0.3) is 5.91 Å². The topological polar surface area (TPSA) is 97.7 Å². The summed E-state index contributed by atoms with van der Waals surface area (Å²) in [6, 6.07) is 10.4. The molecule has 0 atom stereocenters. The Kier molecular flexibility index (Phi) is 6.44. The second kappa shape index (κ2) is 9.59. The molecular formula is C23H27N5O4. The van der Waals surface area contributed by atoms with Crippen molar-refractivity contribution in [2.24, 2.45) is 0 Å². The van der Waals surface area contributed by atoms with Gasteiger partial charge in [-0.15, -0.1) is 0 Å². The van der Waals surface area contributed by atoms with Crippen LogP contribution in [-0.4, -0.2) is 60.2 Å². The summed E-state index contributed by atoms with van der Waals surface area (Å²) in [7, 11) is 3.10. The second-order valence-corrected chi connectivity index (χ2v) is 7.59. The number of aromatic nitrogens is 2. The molecule has 9 heteroatoms. The Morgan fingerprint density at radius 2 is 1.81 bits per heavy atom. The van der Waals surface area contributed by atoms with E-state index in [0.29, 0.717) is 35.8 Å². The van der Waals surface area contributed by atoms with Crippen molar-refractivity contribution in [1.82, 2.24) is 19.8 Å². The standard InChI is InChI=1S/C23H27N5O4/c1-31-20-8-6-17(14-21(20)32-2)26-23(30)24-9-12-28-15-25-18-13-16(5-7-19(18)28)22(29)27-10-3-4-11-27/h5-8,13-15H,3-4,9-12H2,1-2H3,(H2,24,26,30). The van der Waals surface area contributed by atoms with Crippen molar-refractivity contribution < 1.29 is 19.1 Å². The van der Waals surface area contributed by atoms with Crippen molar-refractivity contribution in [1.29, 1.82) is 0 Å². The molecule has 0 spiro atoms. The van der Waals surface area contributed by atoms with E-state index in [9.17, 15) is 9.59 Å². The van der Waals surface area contributed by atoms with Crippen molar-refractivity contribution in [3.05, 3.63) is 48.3 Å². The Morgan fingerprint density at radius 3 is 2.56 bits per heavy atom. The Balaban J connectivity index is 1.33. The third kappa shape index (κ3) is 4.61. The van der Waals surface area contributed by atoms with Gasteiger partial charge in [-0.25, -0.2) is 9.78 Å². The molecule has 2 heterocycles. The number of methoxy groups -OCH3 is 2. The number of likely N-dealkylation sites (tertiary alicyclic amines) is 1. The van der Waals surface area contributed by atoms with Crippen LogP contribution in [0.1, 0.15) is 23.2 Å². The number of rotatable bonds is 7. The molecule has 2 N–H and O–H groups in total. The van der Waals surface area contributed by atoms with Crippen LogP contribution in [0.15, 0.2) is 42.7 Å². The van der Waals surface area contributed by atoms with Gasteiger partial charge >= 0.3 is 6.03 Å². The highest BCUT2D eigenvalue weighted by Crippen LogP contribution is 2.29. The molecule has 3 amide bonds. The number of fused-ring (bicyclic) bond motifs is 1. The van der Waals surface area contributed by atoms with E-state index in [0.717, 1.165) is 37.0 Å². The lowest BCUT2D eigenvalue weighted by atomic mass is 10.1. The lowest BCUT2D eigenvalue weighted by Crippen LogP contribution is -2.31. The summed E-state index contributed by atoms with van der Waals surface area (Å²) in [5.74, 6) is 1.20. The third-order valence-corrected chi connectivity index (χ3v) is 5.54. The number of benzene rings is 2. The highest BCUT2D eigenvalue weighted by molar-refractivity contribution is 5.97. The van der Waals surface area contributed by atoms with Crippen LogP contribution in [0.25, 0.3) is 11.0 Å². The van der Waals surface area contributed by atoms with Crippen LogP contribution in [0.2, 0.25) is 0 Å². The Bertz CT molecular complexity index is 1120. The summed E-state index contributed by atoms with van der Waals surface area (Å²) >= 11 is 0. The average molecular weight is 438 g/mol. The van der Waals surface area contributed by atoms with Crippen LogP contribution in [-0.2, 0) is 6.54 Å². The van der Waals surface area contributed by atoms with Gasteiger partial charge in [-0.3, -0.25) is 4.79 Å². The molecule has 0 unspecified atom stereocenters. The zero-order valence-corrected chi connectivity index (χ0v) is 18.3. The minimum absolute atomic E-state index is 0.0625. The van der Waals surface area contributed by atoms with Crippen LogP contribution < -0.4 is 20.1 Å². The van der Waals surface area contributed by atoms with Crippen molar-refractivity contribution in [2.75, 3.05) is 39.2 Å². The van der Waals surface area contributed by atoms with Crippen molar-refractivity contribution in [2.45, 2.75) is 19.4 Å². The number of hydrogen-bond acceptors (Lipinski definition) is 5. The predicted octanol–water partition coefficient (Wildman–Crippen LogP) is 3.11. The van der Waals surface area contributed by atoms with E-state index in [2.05, 4.69) is 15.6 Å². The molecule has 1 aromatic heterocycles. The highest BCUT2D eigenvalue weighted by atomic mass is 16.5. The summed E-state index contributed by atoms with van der Waals surface area (Å²) in [5.41, 5.74) is 2.95. The number of ether oxygens (including phenoxy) is 2. The van der Waals surface area contributed by atoms with Gasteiger partial charge in [-0.05, 0) is 43.2 Å². The minimum atomic E-state index is -0.319. The fourth-order valence-corrected chi connectivity index (χ4v) is 3.86. The van der Waals surface area contributed by atoms with E-state index in [-0.39, 0.29) is 11.9 Å². The molecule has 0 bridgehead atoms. The van der Waals surface area contributed by atoms with Crippen LogP contribution >= 0.6 is 0 Å². The van der Waals surface area contributed by atoms with E-state index < -0.39 is 0 Å². The summed E-state index contributed by atoms with van der Waals surface area (Å²) < 4.78 is 12.4. The van der Waals surface area contributed by atoms with Gasteiger partial charge in [0.05, 0.1) is 31.6 Å². The highest BCUT2D eigenvalue weighted by Gasteiger charge is 2.20. The quantitative estimate of drug-likeness (QED) is 0.592. The lowest BCUT2D eigenvalue weighted by Gasteiger charge is -2.15. The maximum atomic E-state index is 12.6. The molecule has 9 nitrogen and oxygen atoms in total. The first kappa shape index (κ1) is 21.5. The lowest BCUT2D eigenvalue weighted by molar-refractivity contribution is 0.0793. The Labute approximate surface area is 186 Å². The number of carbonyl (C=O) groups is 2. The maximum Gasteiger partial charge on any atom is 0.319 e. The fourth-order valence-electron chi connectivity index (χ4n) is 3.86. The SMILES string of the molecule is COc1ccc(NC(=O)NCCn2cnc3cc(C(=O)N4CCCC4)ccc32)cc1OC. The molecule has 3 aromatic rings. The molecule has 0 saturated carbocycles. The first-order valence-corrected chi connectivity index (χ1v) is 10.6. The van der Waals surface area contributed by atoms with Gasteiger partial charge in [-0.1, -0.05) is 0 Å². The van der Waals surface area contributed by atoms with Crippen molar-refractivity contribution in [3.63, 3.8) is 0 Å². The summed E-state index contributed by atoms with van der Waals surface area (Å²) in [6.07, 6.45) is 3.85. The van der Waals surface area contributed by atoms with Crippen LogP contribution in [0.4, 0.5) is 10.5 Å². The number of hydrogen-bond donors (Lipinski definition) is 2. The van der Waals surface area contributed by atoms with Gasteiger partial charge in [0.2, 0.25) is 0 Å². The molecule has 32 heavy (non-hydrogen) atoms. The van der Waals surface area contributed by atoms with E-state index in [4.69, 9.17) is 9.47 Å². The summed E-state index contributed by atoms with van der Waals surface area (Å²) in [5, 5.41) is 5.61. The number of urea groups is 1. The number of imidazole rings is 1. The third-order valence-electron chi connectivity index (χ3n) is 5.54. The van der Waals surface area contributed by atoms with Crippen molar-refractivity contribution in [3.8, 4) is 11.5 Å². The molecule has 0 radical (unpaired) electrons. The molecule has 168 valence electrons. The van der Waals surface area contributed by atoms with Gasteiger partial charge in [0.1, 0.15) is 0 Å². The number of anilines is 1. The molecule has 1 aliphatic rings. The zero-order valence-electron chi connectivity index (χ0n) is 18.3. The second-order valence-electron chi connectivity index (χ2n) is 7.59. The normalized spacial score (nSPS) is 13.2. The monoisotopic (exact) mass is 437 g/mol. The molecule has 2 aromatic carbocycles. The van der Waals surface area contributed by atoms with Crippen LogP contribution in [0.3, 0.4) is 0 Å². The van der Waals surface area contributed by atoms with E-state index in [1.165, 1.54) is 0 Å².